The second-order valence-corrected chi connectivity index (χ2v) is 4.14. The van der Waals surface area contributed by atoms with Crippen LogP contribution in [0.1, 0.15) is 17.3 Å². The van der Waals surface area contributed by atoms with Gasteiger partial charge in [-0.2, -0.15) is 22.8 Å². The van der Waals surface area contributed by atoms with Gasteiger partial charge in [0.2, 0.25) is 4.96 Å². The number of halogens is 3. The van der Waals surface area contributed by atoms with Gasteiger partial charge in [-0.25, -0.2) is 0 Å². The van der Waals surface area contributed by atoms with E-state index in [1.54, 1.807) is 0 Å². The van der Waals surface area contributed by atoms with Gasteiger partial charge in [0, 0.05) is 6.42 Å². The third kappa shape index (κ3) is 2.00. The minimum Gasteiger partial charge on any atom is -0.330 e. The van der Waals surface area contributed by atoms with Crippen LogP contribution in [0.5, 0.6) is 0 Å². The maximum Gasteiger partial charge on any atom is 0.453 e. The normalized spacial score (nSPS) is 12.5. The Bertz CT molecular complexity index is 488. The number of hydrogen-bond acceptors (Lipinski definition) is 5. The van der Waals surface area contributed by atoms with Crippen LogP contribution in [0.25, 0.3) is 4.96 Å². The molecule has 0 radical (unpaired) electrons. The van der Waals surface area contributed by atoms with Crippen molar-refractivity contribution in [2.45, 2.75) is 19.0 Å². The molecule has 9 heteroatoms. The van der Waals surface area contributed by atoms with Crippen molar-refractivity contribution in [2.24, 2.45) is 5.73 Å². The Morgan fingerprint density at radius 1 is 1.31 bits per heavy atom. The summed E-state index contributed by atoms with van der Waals surface area (Å²) in [6.07, 6.45) is -3.29. The molecule has 0 aliphatic rings. The molecule has 2 rings (SSSR count). The van der Waals surface area contributed by atoms with E-state index in [4.69, 9.17) is 5.73 Å². The Morgan fingerprint density at radius 2 is 2.06 bits per heavy atom. The average molecular weight is 251 g/mol. The van der Waals surface area contributed by atoms with E-state index >= 15 is 0 Å². The quantitative estimate of drug-likeness (QED) is 0.886. The van der Waals surface area contributed by atoms with Crippen molar-refractivity contribution >= 4 is 16.3 Å². The zero-order chi connectivity index (χ0) is 11.8. The lowest BCUT2D eigenvalue weighted by molar-refractivity contribution is -0.146. The predicted molar refractivity (Wildman–Crippen MR) is 51.0 cm³/mol. The highest BCUT2D eigenvalue weighted by atomic mass is 32.1. The topological polar surface area (TPSA) is 69.1 Å². The summed E-state index contributed by atoms with van der Waals surface area (Å²) < 4.78 is 38.0. The number of aryl methyl sites for hydroxylation is 1. The lowest BCUT2D eigenvalue weighted by Crippen LogP contribution is -2.11. The van der Waals surface area contributed by atoms with E-state index in [1.165, 1.54) is 0 Å². The van der Waals surface area contributed by atoms with E-state index in [0.717, 1.165) is 15.9 Å². The molecule has 0 bridgehead atoms. The van der Waals surface area contributed by atoms with Crippen LogP contribution >= 0.6 is 11.3 Å². The SMILES string of the molecule is NCCCc1nn2c(C(F)(F)F)nnc2s1. The summed E-state index contributed by atoms with van der Waals surface area (Å²) in [4.78, 5) is 0.152. The van der Waals surface area contributed by atoms with E-state index in [1.807, 2.05) is 0 Å². The van der Waals surface area contributed by atoms with Crippen LogP contribution in [0.15, 0.2) is 0 Å². The largest absolute Gasteiger partial charge is 0.453 e. The Kier molecular flexibility index (Phi) is 2.80. The molecular formula is C7H8F3N5S. The first-order valence-electron chi connectivity index (χ1n) is 4.51. The number of nitrogens with zero attached hydrogens (tertiary/aromatic N) is 4. The maximum atomic E-state index is 12.4. The van der Waals surface area contributed by atoms with Crippen LogP contribution in [0.2, 0.25) is 0 Å². The highest BCUT2D eigenvalue weighted by molar-refractivity contribution is 7.16. The minimum atomic E-state index is -4.53. The number of hydrogen-bond donors (Lipinski definition) is 1. The first-order valence-corrected chi connectivity index (χ1v) is 5.32. The minimum absolute atomic E-state index is 0.152. The fourth-order valence-corrected chi connectivity index (χ4v) is 2.06. The molecule has 0 aromatic carbocycles. The standard InChI is InChI=1S/C7H8F3N5S/c8-7(9,10)5-12-13-6-15(5)14-4(16-6)2-1-3-11/h1-3,11H2. The zero-order valence-electron chi connectivity index (χ0n) is 8.03. The molecule has 0 spiro atoms. The molecule has 2 N–H and O–H groups in total. The fourth-order valence-electron chi connectivity index (χ4n) is 1.19. The molecule has 2 aromatic rings. The average Bonchev–Trinajstić information content (AvgIpc) is 2.70. The Labute approximate surface area is 92.1 Å². The second kappa shape index (κ2) is 3.98. The van der Waals surface area contributed by atoms with E-state index in [2.05, 4.69) is 15.3 Å². The Morgan fingerprint density at radius 3 is 2.69 bits per heavy atom. The molecule has 0 aliphatic heterocycles. The summed E-state index contributed by atoms with van der Waals surface area (Å²) in [6.45, 7) is 0.478. The van der Waals surface area contributed by atoms with Gasteiger partial charge in [0.25, 0.3) is 5.82 Å². The number of aromatic nitrogens is 4. The van der Waals surface area contributed by atoms with Crippen LogP contribution in [0.3, 0.4) is 0 Å². The lowest BCUT2D eigenvalue weighted by Gasteiger charge is -2.00. The number of fused-ring (bicyclic) bond motifs is 1. The third-order valence-corrected chi connectivity index (χ3v) is 2.84. The van der Waals surface area contributed by atoms with Gasteiger partial charge in [-0.15, -0.1) is 10.2 Å². The molecule has 0 fully saturated rings. The molecule has 0 saturated carbocycles. The van der Waals surface area contributed by atoms with Gasteiger partial charge >= 0.3 is 6.18 Å². The lowest BCUT2D eigenvalue weighted by atomic mass is 10.3. The molecule has 0 amide bonds. The fraction of sp³-hybridized carbons (Fsp3) is 0.571. The number of alkyl halides is 3. The van der Waals surface area contributed by atoms with Crippen LogP contribution in [0, 0.1) is 0 Å². The molecule has 88 valence electrons. The molecule has 16 heavy (non-hydrogen) atoms. The summed E-state index contributed by atoms with van der Waals surface area (Å²) in [6, 6.07) is 0. The van der Waals surface area contributed by atoms with Crippen molar-refractivity contribution in [2.75, 3.05) is 6.54 Å². The molecular weight excluding hydrogens is 243 g/mol. The Hall–Kier alpha value is -1.22. The van der Waals surface area contributed by atoms with Crippen molar-refractivity contribution in [3.63, 3.8) is 0 Å². The van der Waals surface area contributed by atoms with E-state index in [9.17, 15) is 13.2 Å². The number of nitrogens with two attached hydrogens (primary N) is 1. The first kappa shape index (κ1) is 11.3. The van der Waals surface area contributed by atoms with Crippen molar-refractivity contribution in [3.8, 4) is 0 Å². The molecule has 5 nitrogen and oxygen atoms in total. The van der Waals surface area contributed by atoms with Gasteiger partial charge in [-0.1, -0.05) is 11.3 Å². The van der Waals surface area contributed by atoms with Crippen LogP contribution < -0.4 is 5.73 Å². The molecule has 0 unspecified atom stereocenters. The summed E-state index contributed by atoms with van der Waals surface area (Å²) >= 11 is 1.10. The maximum absolute atomic E-state index is 12.4. The highest BCUT2D eigenvalue weighted by Gasteiger charge is 2.38. The summed E-state index contributed by atoms with van der Waals surface area (Å²) in [5.74, 6) is -1.09. The summed E-state index contributed by atoms with van der Waals surface area (Å²) in [5.41, 5.74) is 5.31. The van der Waals surface area contributed by atoms with Crippen LogP contribution in [-0.4, -0.2) is 26.4 Å². The van der Waals surface area contributed by atoms with E-state index in [0.29, 0.717) is 24.4 Å². The van der Waals surface area contributed by atoms with Crippen molar-refractivity contribution in [1.82, 2.24) is 19.8 Å². The second-order valence-electron chi connectivity index (χ2n) is 3.10. The predicted octanol–water partition coefficient (Wildman–Crippen LogP) is 1.10. The van der Waals surface area contributed by atoms with Crippen molar-refractivity contribution < 1.29 is 13.2 Å². The monoisotopic (exact) mass is 251 g/mol. The van der Waals surface area contributed by atoms with Gasteiger partial charge in [-0.05, 0) is 13.0 Å². The van der Waals surface area contributed by atoms with Gasteiger partial charge in [-0.3, -0.25) is 0 Å². The van der Waals surface area contributed by atoms with Crippen molar-refractivity contribution in [1.29, 1.82) is 0 Å². The molecule has 0 aliphatic carbocycles. The van der Waals surface area contributed by atoms with E-state index in [-0.39, 0.29) is 4.96 Å². The van der Waals surface area contributed by atoms with Crippen LogP contribution in [0.4, 0.5) is 13.2 Å². The van der Waals surface area contributed by atoms with E-state index < -0.39 is 12.0 Å². The molecule has 2 aromatic heterocycles. The van der Waals surface area contributed by atoms with Gasteiger partial charge < -0.3 is 5.73 Å². The number of rotatable bonds is 3. The molecule has 0 saturated heterocycles. The van der Waals surface area contributed by atoms with Crippen LogP contribution in [-0.2, 0) is 12.6 Å². The third-order valence-electron chi connectivity index (χ3n) is 1.88. The highest BCUT2D eigenvalue weighted by Crippen LogP contribution is 2.29. The smallest absolute Gasteiger partial charge is 0.330 e. The summed E-state index contributed by atoms with van der Waals surface area (Å²) in [7, 11) is 0. The van der Waals surface area contributed by atoms with Gasteiger partial charge in [0.05, 0.1) is 0 Å². The summed E-state index contributed by atoms with van der Waals surface area (Å²) in [5, 5.41) is 10.9. The van der Waals surface area contributed by atoms with Crippen molar-refractivity contribution in [3.05, 3.63) is 10.8 Å². The first-order chi connectivity index (χ1) is 7.52. The Balaban J connectivity index is 2.36. The molecule has 0 atom stereocenters. The molecule has 2 heterocycles. The van der Waals surface area contributed by atoms with Gasteiger partial charge in [0.1, 0.15) is 5.01 Å². The van der Waals surface area contributed by atoms with Gasteiger partial charge in [0.15, 0.2) is 0 Å². The zero-order valence-corrected chi connectivity index (χ0v) is 8.85.